The third kappa shape index (κ3) is 4.65. The first-order valence-electron chi connectivity index (χ1n) is 10.2. The average molecular weight is 426 g/mol. The molecule has 0 saturated carbocycles. The molecule has 8 nitrogen and oxygen atoms in total. The van der Waals surface area contributed by atoms with Crippen molar-refractivity contribution in [2.75, 3.05) is 29.4 Å². The predicted octanol–water partition coefficient (Wildman–Crippen LogP) is 2.65. The van der Waals surface area contributed by atoms with Crippen LogP contribution >= 0.6 is 0 Å². The van der Waals surface area contributed by atoms with E-state index in [0.717, 1.165) is 5.82 Å². The number of ketones is 1. The lowest BCUT2D eigenvalue weighted by atomic mass is 10.1. The number of pyridine rings is 1. The lowest BCUT2D eigenvalue weighted by Crippen LogP contribution is -2.34. The highest BCUT2D eigenvalue weighted by Gasteiger charge is 2.32. The van der Waals surface area contributed by atoms with Gasteiger partial charge in [0.05, 0.1) is 12.2 Å². The number of hydrogen-bond acceptors (Lipinski definition) is 6. The van der Waals surface area contributed by atoms with Crippen molar-refractivity contribution in [2.24, 2.45) is 5.73 Å². The number of rotatable bonds is 6. The van der Waals surface area contributed by atoms with Gasteiger partial charge in [-0.2, -0.15) is 0 Å². The SMILES string of the molecule is NC(=O)CCC1CN(c2ccc(-c3ccc(N4CCC(=O)CC4)nc3)c(F)c2)C(=O)O1. The molecular weight excluding hydrogens is 403 g/mol. The Morgan fingerprint density at radius 2 is 1.97 bits per heavy atom. The monoisotopic (exact) mass is 426 g/mol. The zero-order valence-corrected chi connectivity index (χ0v) is 16.9. The largest absolute Gasteiger partial charge is 0.444 e. The number of nitrogens with two attached hydrogens (primary N) is 1. The minimum atomic E-state index is -0.576. The summed E-state index contributed by atoms with van der Waals surface area (Å²) >= 11 is 0. The van der Waals surface area contributed by atoms with E-state index in [-0.39, 0.29) is 18.7 Å². The highest BCUT2D eigenvalue weighted by atomic mass is 19.1. The van der Waals surface area contributed by atoms with E-state index in [1.807, 2.05) is 11.0 Å². The van der Waals surface area contributed by atoms with Crippen LogP contribution in [0.15, 0.2) is 36.5 Å². The molecule has 0 bridgehead atoms. The van der Waals surface area contributed by atoms with Gasteiger partial charge >= 0.3 is 6.09 Å². The second-order valence-electron chi connectivity index (χ2n) is 7.72. The van der Waals surface area contributed by atoms with Gasteiger partial charge in [-0.15, -0.1) is 0 Å². The number of hydrogen-bond donors (Lipinski definition) is 1. The number of piperidine rings is 1. The number of halogens is 1. The lowest BCUT2D eigenvalue weighted by Gasteiger charge is -2.27. The molecule has 31 heavy (non-hydrogen) atoms. The number of nitrogens with zero attached hydrogens (tertiary/aromatic N) is 3. The van der Waals surface area contributed by atoms with Crippen molar-refractivity contribution < 1.29 is 23.5 Å². The van der Waals surface area contributed by atoms with Crippen LogP contribution in [0.3, 0.4) is 0 Å². The summed E-state index contributed by atoms with van der Waals surface area (Å²) in [6.07, 6.45) is 2.06. The molecule has 4 rings (SSSR count). The van der Waals surface area contributed by atoms with Gasteiger partial charge in [-0.05, 0) is 36.8 Å². The minimum absolute atomic E-state index is 0.121. The third-order valence-corrected chi connectivity index (χ3v) is 5.56. The molecule has 2 aliphatic heterocycles. The fraction of sp³-hybridized carbons (Fsp3) is 0.364. The van der Waals surface area contributed by atoms with Gasteiger partial charge < -0.3 is 15.4 Å². The van der Waals surface area contributed by atoms with Crippen LogP contribution in [0.5, 0.6) is 0 Å². The second-order valence-corrected chi connectivity index (χ2v) is 7.72. The maximum absolute atomic E-state index is 14.8. The summed E-state index contributed by atoms with van der Waals surface area (Å²) in [5, 5.41) is 0. The molecule has 1 aromatic heterocycles. The number of aromatic nitrogens is 1. The van der Waals surface area contributed by atoms with Crippen LogP contribution in [0, 0.1) is 5.82 Å². The Labute approximate surface area is 178 Å². The third-order valence-electron chi connectivity index (χ3n) is 5.56. The topological polar surface area (TPSA) is 106 Å². The Morgan fingerprint density at radius 1 is 1.19 bits per heavy atom. The molecule has 1 aromatic carbocycles. The van der Waals surface area contributed by atoms with Gasteiger partial charge in [0.1, 0.15) is 23.5 Å². The number of amides is 2. The molecule has 2 amide bonds. The number of benzene rings is 1. The highest BCUT2D eigenvalue weighted by molar-refractivity contribution is 5.90. The first-order valence-corrected chi connectivity index (χ1v) is 10.2. The van der Waals surface area contributed by atoms with Crippen LogP contribution in [0.25, 0.3) is 11.1 Å². The maximum Gasteiger partial charge on any atom is 0.414 e. The van der Waals surface area contributed by atoms with E-state index in [2.05, 4.69) is 4.98 Å². The van der Waals surface area contributed by atoms with Crippen LogP contribution < -0.4 is 15.5 Å². The zero-order valence-electron chi connectivity index (χ0n) is 16.9. The number of carbonyl (C=O) groups is 3. The summed E-state index contributed by atoms with van der Waals surface area (Å²) in [5.74, 6) is 0.0773. The number of anilines is 2. The molecule has 162 valence electrons. The molecule has 1 unspecified atom stereocenters. The van der Waals surface area contributed by atoms with E-state index in [4.69, 9.17) is 10.5 Å². The van der Waals surface area contributed by atoms with Crippen LogP contribution in [-0.2, 0) is 14.3 Å². The Morgan fingerprint density at radius 3 is 2.61 bits per heavy atom. The maximum atomic E-state index is 14.8. The van der Waals surface area contributed by atoms with Crippen molar-refractivity contribution in [1.29, 1.82) is 0 Å². The summed E-state index contributed by atoms with van der Waals surface area (Å²) in [6, 6.07) is 8.16. The van der Waals surface area contributed by atoms with Crippen molar-refractivity contribution in [1.82, 2.24) is 4.98 Å². The van der Waals surface area contributed by atoms with Crippen molar-refractivity contribution >= 4 is 29.3 Å². The molecule has 3 heterocycles. The van der Waals surface area contributed by atoms with E-state index >= 15 is 0 Å². The normalized spacial score (nSPS) is 18.9. The Bertz CT molecular complexity index is 1000. The molecule has 9 heteroatoms. The van der Waals surface area contributed by atoms with E-state index in [0.29, 0.717) is 49.2 Å². The molecule has 1 atom stereocenters. The van der Waals surface area contributed by atoms with Crippen LogP contribution in [0.4, 0.5) is 20.7 Å². The second kappa shape index (κ2) is 8.71. The van der Waals surface area contributed by atoms with Crippen molar-refractivity contribution in [3.63, 3.8) is 0 Å². The molecule has 2 aromatic rings. The fourth-order valence-electron chi connectivity index (χ4n) is 3.81. The fourth-order valence-corrected chi connectivity index (χ4v) is 3.81. The molecule has 0 radical (unpaired) electrons. The molecule has 2 saturated heterocycles. The summed E-state index contributed by atoms with van der Waals surface area (Å²) in [5.41, 5.74) is 6.51. The summed E-state index contributed by atoms with van der Waals surface area (Å²) < 4.78 is 20.1. The van der Waals surface area contributed by atoms with Crippen molar-refractivity contribution in [3.05, 3.63) is 42.3 Å². The summed E-state index contributed by atoms with van der Waals surface area (Å²) in [7, 11) is 0. The number of ether oxygens (including phenoxy) is 1. The molecule has 2 fully saturated rings. The quantitative estimate of drug-likeness (QED) is 0.761. The summed E-state index contributed by atoms with van der Waals surface area (Å²) in [6.45, 7) is 1.51. The van der Waals surface area contributed by atoms with Crippen molar-refractivity contribution in [3.8, 4) is 11.1 Å². The highest BCUT2D eigenvalue weighted by Crippen LogP contribution is 2.30. The Kier molecular flexibility index (Phi) is 5.83. The van der Waals surface area contributed by atoms with Gasteiger partial charge in [0.25, 0.3) is 0 Å². The Balaban J connectivity index is 1.46. The number of Topliss-reactive ketones (excluding diaryl/α,β-unsaturated/α-hetero) is 1. The van der Waals surface area contributed by atoms with Crippen LogP contribution in [0.2, 0.25) is 0 Å². The molecular formula is C22H23FN4O4. The van der Waals surface area contributed by atoms with Crippen LogP contribution in [-0.4, -0.2) is 48.5 Å². The lowest BCUT2D eigenvalue weighted by molar-refractivity contribution is -0.119. The Hall–Kier alpha value is -3.49. The van der Waals surface area contributed by atoms with E-state index in [1.54, 1.807) is 24.4 Å². The molecule has 2 aliphatic rings. The number of cyclic esters (lactones) is 1. The predicted molar refractivity (Wildman–Crippen MR) is 112 cm³/mol. The van der Waals surface area contributed by atoms with Gasteiger partial charge in [-0.25, -0.2) is 14.2 Å². The minimum Gasteiger partial charge on any atom is -0.444 e. The van der Waals surface area contributed by atoms with E-state index < -0.39 is 23.9 Å². The molecule has 0 aliphatic carbocycles. The standard InChI is InChI=1S/C22H23FN4O4/c23-19-11-15(27-13-17(31-22(27)30)3-5-20(24)29)2-4-18(19)14-1-6-21(25-12-14)26-9-7-16(28)8-10-26/h1-2,4,6,11-12,17H,3,5,7-10,13H2,(H2,24,29). The van der Waals surface area contributed by atoms with E-state index in [1.165, 1.54) is 11.0 Å². The van der Waals surface area contributed by atoms with Gasteiger partial charge in [-0.3, -0.25) is 14.5 Å². The van der Waals surface area contributed by atoms with Gasteiger partial charge in [-0.1, -0.05) is 0 Å². The number of carbonyl (C=O) groups excluding carboxylic acids is 3. The first-order chi connectivity index (χ1) is 14.9. The van der Waals surface area contributed by atoms with Gasteiger partial charge in [0.2, 0.25) is 5.91 Å². The zero-order chi connectivity index (χ0) is 22.0. The molecule has 0 spiro atoms. The smallest absolute Gasteiger partial charge is 0.414 e. The number of primary amides is 1. The first kappa shape index (κ1) is 20.8. The molecule has 2 N–H and O–H groups in total. The van der Waals surface area contributed by atoms with Gasteiger partial charge in [0.15, 0.2) is 0 Å². The average Bonchev–Trinajstić information content (AvgIpc) is 3.13. The summed E-state index contributed by atoms with van der Waals surface area (Å²) in [4.78, 5) is 42.3. The van der Waals surface area contributed by atoms with Crippen molar-refractivity contribution in [2.45, 2.75) is 31.8 Å². The van der Waals surface area contributed by atoms with Gasteiger partial charge in [0, 0.05) is 49.7 Å². The van der Waals surface area contributed by atoms with Crippen LogP contribution in [0.1, 0.15) is 25.7 Å². The van der Waals surface area contributed by atoms with E-state index in [9.17, 15) is 18.8 Å².